The SMILES string of the molecule is CC(=O)Nc1cccc2c(Oc3ccc(CC(=O)c4cc(C)cc(C(F)(F)F)c4)cc3C)ccnc12. The number of para-hydroxylation sites is 1. The molecule has 0 saturated heterocycles. The molecule has 0 fully saturated rings. The van der Waals surface area contributed by atoms with Gasteiger partial charge in [-0.15, -0.1) is 0 Å². The van der Waals surface area contributed by atoms with Crippen molar-refractivity contribution in [3.63, 3.8) is 0 Å². The van der Waals surface area contributed by atoms with E-state index in [1.54, 1.807) is 42.6 Å². The van der Waals surface area contributed by atoms with Crippen molar-refractivity contribution in [1.29, 1.82) is 0 Å². The zero-order chi connectivity index (χ0) is 26.0. The minimum absolute atomic E-state index is 0.0264. The van der Waals surface area contributed by atoms with Gasteiger partial charge in [-0.25, -0.2) is 0 Å². The number of aryl methyl sites for hydroxylation is 2. The van der Waals surface area contributed by atoms with E-state index >= 15 is 0 Å². The molecule has 8 heteroatoms. The van der Waals surface area contributed by atoms with Crippen LogP contribution in [0, 0.1) is 13.8 Å². The highest BCUT2D eigenvalue weighted by Crippen LogP contribution is 2.34. The maximum atomic E-state index is 13.1. The van der Waals surface area contributed by atoms with Gasteiger partial charge in [-0.3, -0.25) is 14.6 Å². The van der Waals surface area contributed by atoms with E-state index in [9.17, 15) is 22.8 Å². The minimum Gasteiger partial charge on any atom is -0.456 e. The molecule has 1 amide bonds. The third-order valence-corrected chi connectivity index (χ3v) is 5.59. The van der Waals surface area contributed by atoms with Gasteiger partial charge in [0.25, 0.3) is 0 Å². The molecular formula is C28H23F3N2O3. The van der Waals surface area contributed by atoms with E-state index in [2.05, 4.69) is 10.3 Å². The Hall–Kier alpha value is -4.20. The number of anilines is 1. The highest BCUT2D eigenvalue weighted by atomic mass is 19.4. The molecule has 3 aromatic carbocycles. The van der Waals surface area contributed by atoms with Crippen LogP contribution < -0.4 is 10.1 Å². The normalized spacial score (nSPS) is 11.4. The van der Waals surface area contributed by atoms with Crippen LogP contribution in [0.3, 0.4) is 0 Å². The predicted octanol–water partition coefficient (Wildman–Crippen LogP) is 7.05. The van der Waals surface area contributed by atoms with E-state index in [1.807, 2.05) is 13.0 Å². The Morgan fingerprint density at radius 3 is 2.44 bits per heavy atom. The molecule has 0 atom stereocenters. The zero-order valence-corrected chi connectivity index (χ0v) is 19.9. The number of carbonyl (C=O) groups excluding carboxylic acids is 2. The Morgan fingerprint density at radius 1 is 0.972 bits per heavy atom. The second-order valence-electron chi connectivity index (χ2n) is 8.58. The summed E-state index contributed by atoms with van der Waals surface area (Å²) >= 11 is 0. The molecule has 184 valence electrons. The molecule has 0 bridgehead atoms. The van der Waals surface area contributed by atoms with Crippen LogP contribution in [0.25, 0.3) is 10.9 Å². The fraction of sp³-hybridized carbons (Fsp3) is 0.179. The topological polar surface area (TPSA) is 68.3 Å². The summed E-state index contributed by atoms with van der Waals surface area (Å²) in [5.41, 5.74) is 2.13. The van der Waals surface area contributed by atoms with Gasteiger partial charge < -0.3 is 10.1 Å². The van der Waals surface area contributed by atoms with Crippen molar-refractivity contribution in [3.8, 4) is 11.5 Å². The van der Waals surface area contributed by atoms with E-state index < -0.39 is 17.5 Å². The zero-order valence-electron chi connectivity index (χ0n) is 19.9. The molecule has 1 aromatic heterocycles. The number of ketones is 1. The lowest BCUT2D eigenvalue weighted by Gasteiger charge is -2.14. The Kier molecular flexibility index (Phi) is 6.79. The van der Waals surface area contributed by atoms with Crippen molar-refractivity contribution in [2.24, 2.45) is 0 Å². The number of pyridine rings is 1. The molecule has 5 nitrogen and oxygen atoms in total. The van der Waals surface area contributed by atoms with Gasteiger partial charge in [0.05, 0.1) is 16.8 Å². The molecule has 0 spiro atoms. The first kappa shape index (κ1) is 24.9. The van der Waals surface area contributed by atoms with Gasteiger partial charge in [0, 0.05) is 30.5 Å². The van der Waals surface area contributed by atoms with Crippen molar-refractivity contribution in [2.75, 3.05) is 5.32 Å². The molecule has 4 aromatic rings. The van der Waals surface area contributed by atoms with Crippen molar-refractivity contribution in [3.05, 3.63) is 94.7 Å². The molecule has 1 N–H and O–H groups in total. The van der Waals surface area contributed by atoms with Gasteiger partial charge in [-0.2, -0.15) is 13.2 Å². The fourth-order valence-corrected chi connectivity index (χ4v) is 3.98. The first-order valence-corrected chi connectivity index (χ1v) is 11.2. The van der Waals surface area contributed by atoms with Crippen LogP contribution in [0.15, 0.2) is 66.9 Å². The molecule has 0 aliphatic rings. The molecule has 1 heterocycles. The number of aromatic nitrogens is 1. The van der Waals surface area contributed by atoms with Gasteiger partial charge in [0.15, 0.2) is 5.78 Å². The number of hydrogen-bond donors (Lipinski definition) is 1. The van der Waals surface area contributed by atoms with E-state index in [1.165, 1.54) is 19.9 Å². The van der Waals surface area contributed by atoms with Crippen LogP contribution in [0.2, 0.25) is 0 Å². The smallest absolute Gasteiger partial charge is 0.416 e. The number of halogens is 3. The van der Waals surface area contributed by atoms with Crippen LogP contribution in [0.5, 0.6) is 11.5 Å². The van der Waals surface area contributed by atoms with Crippen LogP contribution in [0.4, 0.5) is 18.9 Å². The molecule has 0 aliphatic carbocycles. The third kappa shape index (κ3) is 5.54. The largest absolute Gasteiger partial charge is 0.456 e. The van der Waals surface area contributed by atoms with Crippen LogP contribution in [-0.4, -0.2) is 16.7 Å². The summed E-state index contributed by atoms with van der Waals surface area (Å²) in [7, 11) is 0. The second-order valence-corrected chi connectivity index (χ2v) is 8.58. The molecule has 0 radical (unpaired) electrons. The molecular weight excluding hydrogens is 469 g/mol. The summed E-state index contributed by atoms with van der Waals surface area (Å²) in [6, 6.07) is 15.7. The molecule has 4 rings (SSSR count). The van der Waals surface area contributed by atoms with Gasteiger partial charge in [-0.05, 0) is 73.0 Å². The number of ether oxygens (including phenoxy) is 1. The fourth-order valence-electron chi connectivity index (χ4n) is 3.98. The molecule has 0 unspecified atom stereocenters. The first-order valence-electron chi connectivity index (χ1n) is 11.2. The first-order chi connectivity index (χ1) is 17.0. The maximum Gasteiger partial charge on any atom is 0.416 e. The highest BCUT2D eigenvalue weighted by molar-refractivity contribution is 6.01. The summed E-state index contributed by atoms with van der Waals surface area (Å²) in [4.78, 5) is 28.6. The predicted molar refractivity (Wildman–Crippen MR) is 132 cm³/mol. The quantitative estimate of drug-likeness (QED) is 0.293. The van der Waals surface area contributed by atoms with Crippen LogP contribution in [0.1, 0.15) is 39.5 Å². The van der Waals surface area contributed by atoms with Crippen LogP contribution >= 0.6 is 0 Å². The van der Waals surface area contributed by atoms with Gasteiger partial charge in [0.2, 0.25) is 5.91 Å². The lowest BCUT2D eigenvalue weighted by molar-refractivity contribution is -0.137. The Bertz CT molecular complexity index is 1480. The summed E-state index contributed by atoms with van der Waals surface area (Å²) in [6.07, 6.45) is -2.97. The Balaban J connectivity index is 1.57. The van der Waals surface area contributed by atoms with Gasteiger partial charge >= 0.3 is 6.18 Å². The molecule has 0 saturated carbocycles. The number of benzene rings is 3. The number of nitrogens with zero attached hydrogens (tertiary/aromatic N) is 1. The summed E-state index contributed by atoms with van der Waals surface area (Å²) < 4.78 is 45.6. The van der Waals surface area contributed by atoms with Crippen molar-refractivity contribution in [1.82, 2.24) is 4.98 Å². The molecule has 36 heavy (non-hydrogen) atoms. The monoisotopic (exact) mass is 492 g/mol. The number of amides is 1. The Morgan fingerprint density at radius 2 is 1.75 bits per heavy atom. The third-order valence-electron chi connectivity index (χ3n) is 5.59. The average Bonchev–Trinajstić information content (AvgIpc) is 2.80. The summed E-state index contributed by atoms with van der Waals surface area (Å²) in [6.45, 7) is 4.77. The van der Waals surface area contributed by atoms with E-state index in [0.717, 1.165) is 17.7 Å². The standard InChI is InChI=1S/C28H23F3N2O3/c1-16-11-20(15-21(12-16)28(29,30)31)24(35)14-19-7-8-25(17(2)13-19)36-26-9-10-32-27-22(26)5-4-6-23(27)33-18(3)34/h4-13,15H,14H2,1-3H3,(H,33,34). The van der Waals surface area contributed by atoms with E-state index in [0.29, 0.717) is 39.2 Å². The number of nitrogens with one attached hydrogen (secondary N) is 1. The lowest BCUT2D eigenvalue weighted by Crippen LogP contribution is -2.10. The summed E-state index contributed by atoms with van der Waals surface area (Å²) in [5, 5.41) is 3.46. The highest BCUT2D eigenvalue weighted by Gasteiger charge is 2.31. The number of hydrogen-bond acceptors (Lipinski definition) is 4. The Labute approximate surface area is 205 Å². The summed E-state index contributed by atoms with van der Waals surface area (Å²) in [5.74, 6) is 0.483. The number of alkyl halides is 3. The van der Waals surface area contributed by atoms with E-state index in [-0.39, 0.29) is 17.9 Å². The van der Waals surface area contributed by atoms with Gasteiger partial charge in [-0.1, -0.05) is 18.2 Å². The number of Topliss-reactive ketones (excluding diaryl/α,β-unsaturated/α-hetero) is 1. The van der Waals surface area contributed by atoms with Crippen molar-refractivity contribution < 1.29 is 27.5 Å². The number of rotatable bonds is 6. The number of fused-ring (bicyclic) bond motifs is 1. The van der Waals surface area contributed by atoms with Crippen LogP contribution in [-0.2, 0) is 17.4 Å². The van der Waals surface area contributed by atoms with E-state index in [4.69, 9.17) is 4.74 Å². The average molecular weight is 492 g/mol. The van der Waals surface area contributed by atoms with Crippen molar-refractivity contribution >= 4 is 28.3 Å². The lowest BCUT2D eigenvalue weighted by atomic mass is 9.98. The maximum absolute atomic E-state index is 13.1. The molecule has 0 aliphatic heterocycles. The van der Waals surface area contributed by atoms with Gasteiger partial charge in [0.1, 0.15) is 11.5 Å². The number of carbonyl (C=O) groups is 2. The second kappa shape index (κ2) is 9.81. The van der Waals surface area contributed by atoms with Crippen molar-refractivity contribution in [2.45, 2.75) is 33.4 Å². The minimum atomic E-state index is -4.52.